The van der Waals surface area contributed by atoms with Crippen molar-refractivity contribution in [2.24, 2.45) is 0 Å². The van der Waals surface area contributed by atoms with Gasteiger partial charge in [-0.3, -0.25) is 9.48 Å². The molecular weight excluding hydrogens is 392 g/mol. The highest BCUT2D eigenvalue weighted by Crippen LogP contribution is 2.30. The Morgan fingerprint density at radius 2 is 2.31 bits per heavy atom. The largest absolute Gasteiger partial charge is 0.361 e. The maximum atomic E-state index is 12.7. The lowest BCUT2D eigenvalue weighted by molar-refractivity contribution is -0.121. The van der Waals surface area contributed by atoms with Crippen molar-refractivity contribution in [2.45, 2.75) is 51.6 Å². The first-order chi connectivity index (χ1) is 12.5. The van der Waals surface area contributed by atoms with Gasteiger partial charge in [0.25, 0.3) is 0 Å². The first-order valence-electron chi connectivity index (χ1n) is 9.14. The van der Waals surface area contributed by atoms with Gasteiger partial charge in [-0.05, 0) is 56.4 Å². The van der Waals surface area contributed by atoms with Crippen molar-refractivity contribution in [1.82, 2.24) is 20.1 Å². The molecule has 1 unspecified atom stereocenters. The summed E-state index contributed by atoms with van der Waals surface area (Å²) < 4.78 is 3.03. The predicted octanol–water partition coefficient (Wildman–Crippen LogP) is 4.44. The number of halogens is 1. The van der Waals surface area contributed by atoms with Crippen LogP contribution in [0.15, 0.2) is 35.1 Å². The number of hydrogen-bond acceptors (Lipinski definition) is 2. The molecule has 0 aliphatic heterocycles. The monoisotopic (exact) mass is 414 g/mol. The Balaban J connectivity index is 1.50. The lowest BCUT2D eigenvalue weighted by Gasteiger charge is -2.22. The average Bonchev–Trinajstić information content (AvgIpc) is 3.19. The van der Waals surface area contributed by atoms with Gasteiger partial charge < -0.3 is 10.3 Å². The van der Waals surface area contributed by atoms with Crippen LogP contribution in [-0.4, -0.2) is 20.7 Å². The minimum Gasteiger partial charge on any atom is -0.361 e. The molecule has 0 saturated heterocycles. The highest BCUT2D eigenvalue weighted by Gasteiger charge is 2.26. The van der Waals surface area contributed by atoms with E-state index in [4.69, 9.17) is 5.10 Å². The highest BCUT2D eigenvalue weighted by molar-refractivity contribution is 9.10. The molecule has 0 bridgehead atoms. The van der Waals surface area contributed by atoms with E-state index < -0.39 is 0 Å². The molecule has 4 rings (SSSR count). The van der Waals surface area contributed by atoms with E-state index in [9.17, 15) is 4.79 Å². The van der Waals surface area contributed by atoms with Crippen LogP contribution in [0.5, 0.6) is 0 Å². The second-order valence-electron chi connectivity index (χ2n) is 7.31. The molecule has 1 aliphatic rings. The molecular formula is C20H23BrN4O. The molecule has 1 aliphatic carbocycles. The maximum absolute atomic E-state index is 12.7. The standard InChI is InChI=1S/C20H23BrN4O/c1-12(2)25-11-13-4-3-5-17(20(13)24-25)23-19(26)8-14-10-22-18-9-15(21)6-7-16(14)18/h6-7,9-12,17,22H,3-5,8H2,1-2H3,(H,23,26). The zero-order chi connectivity index (χ0) is 18.3. The first kappa shape index (κ1) is 17.3. The van der Waals surface area contributed by atoms with Crippen molar-refractivity contribution in [3.8, 4) is 0 Å². The van der Waals surface area contributed by atoms with Crippen LogP contribution in [-0.2, 0) is 17.6 Å². The van der Waals surface area contributed by atoms with Crippen LogP contribution >= 0.6 is 15.9 Å². The van der Waals surface area contributed by atoms with E-state index in [1.165, 1.54) is 5.56 Å². The van der Waals surface area contributed by atoms with Gasteiger partial charge in [0.15, 0.2) is 0 Å². The molecule has 5 nitrogen and oxygen atoms in total. The minimum atomic E-state index is 0.0191. The zero-order valence-corrected chi connectivity index (χ0v) is 16.6. The summed E-state index contributed by atoms with van der Waals surface area (Å²) in [4.78, 5) is 15.9. The molecule has 0 fully saturated rings. The smallest absolute Gasteiger partial charge is 0.225 e. The van der Waals surface area contributed by atoms with Gasteiger partial charge in [0.2, 0.25) is 5.91 Å². The van der Waals surface area contributed by atoms with E-state index in [0.717, 1.165) is 45.9 Å². The molecule has 136 valence electrons. The van der Waals surface area contributed by atoms with Gasteiger partial charge in [0, 0.05) is 33.8 Å². The lowest BCUT2D eigenvalue weighted by atomic mass is 9.93. The Bertz CT molecular complexity index is 956. The van der Waals surface area contributed by atoms with E-state index in [0.29, 0.717) is 12.5 Å². The third-order valence-corrected chi connectivity index (χ3v) is 5.55. The van der Waals surface area contributed by atoms with Crippen LogP contribution in [0.1, 0.15) is 55.6 Å². The van der Waals surface area contributed by atoms with Crippen LogP contribution < -0.4 is 5.32 Å². The maximum Gasteiger partial charge on any atom is 0.225 e. The molecule has 3 aromatic rings. The van der Waals surface area contributed by atoms with Crippen molar-refractivity contribution in [3.63, 3.8) is 0 Å². The van der Waals surface area contributed by atoms with Gasteiger partial charge in [0.05, 0.1) is 18.2 Å². The number of nitrogens with zero attached hydrogens (tertiary/aromatic N) is 2. The number of nitrogens with one attached hydrogen (secondary N) is 2. The molecule has 26 heavy (non-hydrogen) atoms. The van der Waals surface area contributed by atoms with Crippen molar-refractivity contribution < 1.29 is 4.79 Å². The summed E-state index contributed by atoms with van der Waals surface area (Å²) in [7, 11) is 0. The number of amides is 1. The quantitative estimate of drug-likeness (QED) is 0.662. The van der Waals surface area contributed by atoms with E-state index in [1.54, 1.807) is 0 Å². The van der Waals surface area contributed by atoms with Crippen LogP contribution in [0.2, 0.25) is 0 Å². The average molecular weight is 415 g/mol. The van der Waals surface area contributed by atoms with Crippen molar-refractivity contribution in [1.29, 1.82) is 0 Å². The summed E-state index contributed by atoms with van der Waals surface area (Å²) >= 11 is 3.48. The number of rotatable bonds is 4. The normalized spacial score (nSPS) is 16.8. The molecule has 2 N–H and O–H groups in total. The lowest BCUT2D eigenvalue weighted by Crippen LogP contribution is -2.32. The molecule has 0 spiro atoms. The highest BCUT2D eigenvalue weighted by atomic mass is 79.9. The predicted molar refractivity (Wildman–Crippen MR) is 106 cm³/mol. The molecule has 2 heterocycles. The summed E-state index contributed by atoms with van der Waals surface area (Å²) in [5.74, 6) is 0.0470. The summed E-state index contributed by atoms with van der Waals surface area (Å²) in [6, 6.07) is 6.43. The fraction of sp³-hybridized carbons (Fsp3) is 0.400. The number of aromatic nitrogens is 3. The number of fused-ring (bicyclic) bond motifs is 2. The van der Waals surface area contributed by atoms with E-state index in [2.05, 4.69) is 46.3 Å². The number of benzene rings is 1. The Morgan fingerprint density at radius 1 is 1.46 bits per heavy atom. The van der Waals surface area contributed by atoms with Gasteiger partial charge in [-0.1, -0.05) is 22.0 Å². The molecule has 0 radical (unpaired) electrons. The van der Waals surface area contributed by atoms with E-state index >= 15 is 0 Å². The van der Waals surface area contributed by atoms with Gasteiger partial charge in [-0.2, -0.15) is 5.10 Å². The summed E-state index contributed by atoms with van der Waals surface area (Å²) in [5.41, 5.74) is 4.37. The van der Waals surface area contributed by atoms with Crippen molar-refractivity contribution in [2.75, 3.05) is 0 Å². The van der Waals surface area contributed by atoms with Crippen LogP contribution in [0.25, 0.3) is 10.9 Å². The number of aromatic amines is 1. The Hall–Kier alpha value is -2.08. The minimum absolute atomic E-state index is 0.0191. The number of carbonyl (C=O) groups is 1. The number of H-pyrrole nitrogens is 1. The first-order valence-corrected chi connectivity index (χ1v) is 9.93. The van der Waals surface area contributed by atoms with Crippen LogP contribution in [0.3, 0.4) is 0 Å². The molecule has 0 saturated carbocycles. The molecule has 1 aromatic carbocycles. The summed E-state index contributed by atoms with van der Waals surface area (Å²) in [5, 5.41) is 9.03. The number of carbonyl (C=O) groups excluding carboxylic acids is 1. The van der Waals surface area contributed by atoms with Gasteiger partial charge in [0.1, 0.15) is 0 Å². The number of aryl methyl sites for hydroxylation is 1. The number of hydrogen-bond donors (Lipinski definition) is 2. The summed E-state index contributed by atoms with van der Waals surface area (Å²) in [6.45, 7) is 4.25. The molecule has 6 heteroatoms. The molecule has 2 aromatic heterocycles. The molecule has 1 atom stereocenters. The SMILES string of the molecule is CC(C)n1cc2c(n1)C(NC(=O)Cc1c[nH]c3cc(Br)ccc13)CCC2. The van der Waals surface area contributed by atoms with E-state index in [-0.39, 0.29) is 11.9 Å². The third kappa shape index (κ3) is 3.30. The van der Waals surface area contributed by atoms with Crippen molar-refractivity contribution >= 4 is 32.7 Å². The van der Waals surface area contributed by atoms with Gasteiger partial charge >= 0.3 is 0 Å². The molecule has 1 amide bonds. The topological polar surface area (TPSA) is 62.7 Å². The van der Waals surface area contributed by atoms with Crippen LogP contribution in [0.4, 0.5) is 0 Å². The van der Waals surface area contributed by atoms with Gasteiger partial charge in [-0.15, -0.1) is 0 Å². The Kier molecular flexibility index (Phi) is 4.61. The van der Waals surface area contributed by atoms with Gasteiger partial charge in [-0.25, -0.2) is 0 Å². The Labute approximate surface area is 161 Å². The summed E-state index contributed by atoms with van der Waals surface area (Å²) in [6.07, 6.45) is 7.52. The second kappa shape index (κ2) is 6.91. The Morgan fingerprint density at radius 3 is 3.12 bits per heavy atom. The third-order valence-electron chi connectivity index (χ3n) is 5.05. The fourth-order valence-corrected chi connectivity index (χ4v) is 4.05. The van der Waals surface area contributed by atoms with E-state index in [1.807, 2.05) is 29.1 Å². The zero-order valence-electron chi connectivity index (χ0n) is 15.1. The second-order valence-corrected chi connectivity index (χ2v) is 8.22. The van der Waals surface area contributed by atoms with Crippen LogP contribution in [0, 0.1) is 0 Å². The van der Waals surface area contributed by atoms with Crippen molar-refractivity contribution in [3.05, 3.63) is 51.9 Å². The fourth-order valence-electron chi connectivity index (χ4n) is 3.69.